The third-order valence-corrected chi connectivity index (χ3v) is 4.51. The van der Waals surface area contributed by atoms with E-state index in [4.69, 9.17) is 20.0 Å². The maximum Gasteiger partial charge on any atom is 0.336 e. The Morgan fingerprint density at radius 3 is 2.03 bits per heavy atom. The van der Waals surface area contributed by atoms with Gasteiger partial charge in [0.2, 0.25) is 0 Å². The summed E-state index contributed by atoms with van der Waals surface area (Å²) in [5.74, 6) is -2.51. The maximum absolute atomic E-state index is 12.8. The van der Waals surface area contributed by atoms with Crippen LogP contribution in [0.5, 0.6) is 0 Å². The number of rotatable bonds is 8. The molecule has 1 aromatic rings. The van der Waals surface area contributed by atoms with E-state index in [1.54, 1.807) is 19.9 Å². The first kappa shape index (κ1) is 23.1. The molecule has 0 spiro atoms. The summed E-state index contributed by atoms with van der Waals surface area (Å²) in [6.07, 6.45) is -0.0181. The topological polar surface area (TPSA) is 155 Å². The van der Waals surface area contributed by atoms with E-state index in [0.717, 1.165) is 0 Å². The van der Waals surface area contributed by atoms with Gasteiger partial charge in [0.05, 0.1) is 47.0 Å². The molecule has 0 amide bonds. The van der Waals surface area contributed by atoms with Crippen molar-refractivity contribution in [1.82, 2.24) is 5.32 Å². The molecule has 160 valence electrons. The molecule has 0 aliphatic carbocycles. The van der Waals surface area contributed by atoms with Gasteiger partial charge in [0.1, 0.15) is 13.2 Å². The van der Waals surface area contributed by atoms with Gasteiger partial charge in [-0.15, -0.1) is 0 Å². The van der Waals surface area contributed by atoms with Crippen molar-refractivity contribution < 1.29 is 24.0 Å². The van der Waals surface area contributed by atoms with E-state index < -0.39 is 22.8 Å². The number of esters is 2. The minimum absolute atomic E-state index is 0.00903. The van der Waals surface area contributed by atoms with Crippen LogP contribution in [-0.4, -0.2) is 30.1 Å². The normalized spacial score (nSPS) is 13.7. The predicted molar refractivity (Wildman–Crippen MR) is 107 cm³/mol. The van der Waals surface area contributed by atoms with Crippen molar-refractivity contribution >= 4 is 17.6 Å². The number of nitrogens with zero attached hydrogens (tertiary/aromatic N) is 3. The molecule has 1 heterocycles. The SMILES string of the molecule is CC1=C(C(=O)OCCC#N)C(c2cccc([N+](=O)[O-])c2)C(C(=O)OCCC#N)=C(C)N1. The summed E-state index contributed by atoms with van der Waals surface area (Å²) in [6.45, 7) is 2.95. The van der Waals surface area contributed by atoms with Gasteiger partial charge in [-0.2, -0.15) is 10.5 Å². The molecule has 1 aromatic carbocycles. The highest BCUT2D eigenvalue weighted by Gasteiger charge is 2.38. The number of benzene rings is 1. The average Bonchev–Trinajstić information content (AvgIpc) is 2.73. The quantitative estimate of drug-likeness (QED) is 0.287. The molecular formula is C21H20N4O6. The van der Waals surface area contributed by atoms with Crippen molar-refractivity contribution in [2.75, 3.05) is 13.2 Å². The Bertz CT molecular complexity index is 991. The minimum Gasteiger partial charge on any atom is -0.461 e. The number of hydrogen-bond donors (Lipinski definition) is 1. The van der Waals surface area contributed by atoms with Gasteiger partial charge in [-0.05, 0) is 19.4 Å². The summed E-state index contributed by atoms with van der Waals surface area (Å²) in [6, 6.07) is 9.34. The highest BCUT2D eigenvalue weighted by Crippen LogP contribution is 2.40. The smallest absolute Gasteiger partial charge is 0.336 e. The monoisotopic (exact) mass is 424 g/mol. The number of nitro benzene ring substituents is 1. The average molecular weight is 424 g/mol. The second kappa shape index (κ2) is 10.6. The number of nitrogens with one attached hydrogen (secondary N) is 1. The van der Waals surface area contributed by atoms with E-state index in [2.05, 4.69) is 5.32 Å². The van der Waals surface area contributed by atoms with Crippen LogP contribution in [0.1, 0.15) is 38.2 Å². The number of ether oxygens (including phenoxy) is 2. The molecular weight excluding hydrogens is 404 g/mol. The number of nitro groups is 1. The van der Waals surface area contributed by atoms with Crippen LogP contribution in [0.4, 0.5) is 5.69 Å². The lowest BCUT2D eigenvalue weighted by Crippen LogP contribution is -2.32. The molecule has 0 fully saturated rings. The van der Waals surface area contributed by atoms with Crippen LogP contribution in [0.25, 0.3) is 0 Å². The minimum atomic E-state index is -0.995. The molecule has 0 unspecified atom stereocenters. The standard InChI is InChI=1S/C21H20N4O6/c1-13-17(20(26)30-10-4-8-22)19(15-6-3-7-16(12-15)25(28)29)18(14(2)24-13)21(27)31-11-5-9-23/h3,6-7,12,19,24H,4-5,10-11H2,1-2H3. The molecule has 0 bridgehead atoms. The van der Waals surface area contributed by atoms with Crippen LogP contribution in [0.3, 0.4) is 0 Å². The summed E-state index contributed by atoms with van der Waals surface area (Å²) in [4.78, 5) is 36.4. The zero-order valence-electron chi connectivity index (χ0n) is 17.0. The fraction of sp³-hybridized carbons (Fsp3) is 0.333. The molecule has 0 saturated carbocycles. The highest BCUT2D eigenvalue weighted by molar-refractivity contribution is 6.00. The van der Waals surface area contributed by atoms with Crippen LogP contribution >= 0.6 is 0 Å². The van der Waals surface area contributed by atoms with Crippen molar-refractivity contribution in [2.45, 2.75) is 32.6 Å². The third kappa shape index (κ3) is 5.46. The lowest BCUT2D eigenvalue weighted by molar-refractivity contribution is -0.384. The number of allylic oxidation sites excluding steroid dienone is 2. The number of carbonyl (C=O) groups is 2. The zero-order chi connectivity index (χ0) is 23.0. The van der Waals surface area contributed by atoms with Gasteiger partial charge in [-0.3, -0.25) is 10.1 Å². The fourth-order valence-electron chi connectivity index (χ4n) is 3.22. The lowest BCUT2D eigenvalue weighted by atomic mass is 9.80. The molecule has 1 aliphatic rings. The van der Waals surface area contributed by atoms with Crippen molar-refractivity contribution in [3.8, 4) is 12.1 Å². The Balaban J connectivity index is 2.57. The molecule has 0 radical (unpaired) electrons. The highest BCUT2D eigenvalue weighted by atomic mass is 16.6. The Hall–Kier alpha value is -4.18. The molecule has 10 nitrogen and oxygen atoms in total. The lowest BCUT2D eigenvalue weighted by Gasteiger charge is -2.30. The number of hydrogen-bond acceptors (Lipinski definition) is 9. The van der Waals surface area contributed by atoms with Gasteiger partial charge in [0.25, 0.3) is 5.69 Å². The van der Waals surface area contributed by atoms with Crippen LogP contribution in [0.2, 0.25) is 0 Å². The van der Waals surface area contributed by atoms with Gasteiger partial charge < -0.3 is 14.8 Å². The van der Waals surface area contributed by atoms with Crippen molar-refractivity contribution in [3.05, 3.63) is 62.5 Å². The molecule has 10 heteroatoms. The maximum atomic E-state index is 12.8. The number of non-ortho nitro benzene ring substituents is 1. The molecule has 0 saturated heterocycles. The van der Waals surface area contributed by atoms with Crippen molar-refractivity contribution in [2.24, 2.45) is 0 Å². The van der Waals surface area contributed by atoms with Crippen LogP contribution in [-0.2, 0) is 19.1 Å². The van der Waals surface area contributed by atoms with Crippen molar-refractivity contribution in [1.29, 1.82) is 10.5 Å². The predicted octanol–water partition coefficient (Wildman–Crippen LogP) is 2.74. The molecule has 0 aromatic heterocycles. The number of dihydropyridines is 1. The summed E-state index contributed by atoms with van der Waals surface area (Å²) in [7, 11) is 0. The second-order valence-electron chi connectivity index (χ2n) is 6.58. The van der Waals surface area contributed by atoms with Crippen LogP contribution < -0.4 is 5.32 Å². The molecule has 31 heavy (non-hydrogen) atoms. The fourth-order valence-corrected chi connectivity index (χ4v) is 3.22. The van der Waals surface area contributed by atoms with E-state index in [-0.39, 0.29) is 42.9 Å². The van der Waals surface area contributed by atoms with Gasteiger partial charge >= 0.3 is 11.9 Å². The second-order valence-corrected chi connectivity index (χ2v) is 6.58. The summed E-state index contributed by atoms with van der Waals surface area (Å²) in [5.41, 5.74) is 1.09. The number of carbonyl (C=O) groups excluding carboxylic acids is 2. The van der Waals surface area contributed by atoms with E-state index >= 15 is 0 Å². The molecule has 2 rings (SSSR count). The van der Waals surface area contributed by atoms with Gasteiger partial charge in [0, 0.05) is 23.5 Å². The first-order chi connectivity index (χ1) is 14.8. The molecule has 0 atom stereocenters. The first-order valence-corrected chi connectivity index (χ1v) is 9.32. The largest absolute Gasteiger partial charge is 0.461 e. The molecule has 1 aliphatic heterocycles. The third-order valence-electron chi connectivity index (χ3n) is 4.51. The Kier molecular flexibility index (Phi) is 7.87. The van der Waals surface area contributed by atoms with Crippen molar-refractivity contribution in [3.63, 3.8) is 0 Å². The molecule has 1 N–H and O–H groups in total. The Labute approximate surface area is 178 Å². The van der Waals surface area contributed by atoms with Gasteiger partial charge in [-0.25, -0.2) is 9.59 Å². The Morgan fingerprint density at radius 2 is 1.58 bits per heavy atom. The summed E-state index contributed by atoms with van der Waals surface area (Å²) >= 11 is 0. The first-order valence-electron chi connectivity index (χ1n) is 9.32. The zero-order valence-corrected chi connectivity index (χ0v) is 17.0. The summed E-state index contributed by atoms with van der Waals surface area (Å²) < 4.78 is 10.3. The van der Waals surface area contributed by atoms with E-state index in [9.17, 15) is 19.7 Å². The number of nitriles is 2. The van der Waals surface area contributed by atoms with E-state index in [1.807, 2.05) is 12.1 Å². The Morgan fingerprint density at radius 1 is 1.06 bits per heavy atom. The van der Waals surface area contributed by atoms with E-state index in [0.29, 0.717) is 17.0 Å². The van der Waals surface area contributed by atoms with Crippen LogP contribution in [0.15, 0.2) is 46.8 Å². The van der Waals surface area contributed by atoms with Gasteiger partial charge in [0.15, 0.2) is 0 Å². The van der Waals surface area contributed by atoms with E-state index in [1.165, 1.54) is 18.2 Å². The van der Waals surface area contributed by atoms with Crippen LogP contribution in [0, 0.1) is 32.8 Å². The summed E-state index contributed by atoms with van der Waals surface area (Å²) in [5, 5.41) is 31.6. The van der Waals surface area contributed by atoms with Gasteiger partial charge in [-0.1, -0.05) is 12.1 Å².